The van der Waals surface area contributed by atoms with E-state index >= 15 is 0 Å². The predicted molar refractivity (Wildman–Crippen MR) is 114 cm³/mol. The molecule has 0 aliphatic rings. The number of ketones is 2. The van der Waals surface area contributed by atoms with Crippen molar-refractivity contribution in [2.75, 3.05) is 6.67 Å². The van der Waals surface area contributed by atoms with Gasteiger partial charge in [0.1, 0.15) is 18.7 Å². The number of carbonyl (C=O) groups excluding carboxylic acids is 4. The number of halogens is 4. The zero-order chi connectivity index (χ0) is 26.9. The maximum atomic E-state index is 12.9. The van der Waals surface area contributed by atoms with E-state index in [0.29, 0.717) is 17.7 Å². The molecule has 0 radical (unpaired) electrons. The third-order valence-electron chi connectivity index (χ3n) is 4.72. The fourth-order valence-electron chi connectivity index (χ4n) is 2.95. The molecule has 2 aromatic carbocycles. The number of carboxylic acid groups (broad SMARTS) is 1. The van der Waals surface area contributed by atoms with Gasteiger partial charge in [-0.2, -0.15) is 13.2 Å². The van der Waals surface area contributed by atoms with E-state index in [0.717, 1.165) is 12.1 Å². The summed E-state index contributed by atoms with van der Waals surface area (Å²) >= 11 is 0. The topological polar surface area (TPSA) is 139 Å². The van der Waals surface area contributed by atoms with E-state index < -0.39 is 66.5 Å². The number of alkyl carbamates (subject to hydrolysis) is 1. The molecule has 2 atom stereocenters. The summed E-state index contributed by atoms with van der Waals surface area (Å²) < 4.78 is 56.4. The van der Waals surface area contributed by atoms with Crippen LogP contribution in [-0.2, 0) is 36.7 Å². The molecule has 0 heterocycles. The molecule has 2 aromatic rings. The number of hydrogen-bond donors (Lipinski definition) is 3. The Kier molecular flexibility index (Phi) is 9.65. The molecule has 0 bridgehead atoms. The fourth-order valence-corrected chi connectivity index (χ4v) is 2.95. The Morgan fingerprint density at radius 1 is 0.917 bits per heavy atom. The Labute approximate surface area is 201 Å². The Bertz CT molecular complexity index is 1110. The average molecular weight is 512 g/mol. The maximum absolute atomic E-state index is 12.9. The quantitative estimate of drug-likeness (QED) is 0.311. The molecule has 2 unspecified atom stereocenters. The number of nitrogens with one attached hydrogen (secondary N) is 2. The Morgan fingerprint density at radius 2 is 1.53 bits per heavy atom. The van der Waals surface area contributed by atoms with Gasteiger partial charge in [-0.25, -0.2) is 9.18 Å². The van der Waals surface area contributed by atoms with E-state index in [4.69, 9.17) is 9.84 Å². The highest BCUT2D eigenvalue weighted by molar-refractivity contribution is 6.40. The molecule has 0 aromatic heterocycles. The van der Waals surface area contributed by atoms with Gasteiger partial charge >= 0.3 is 18.2 Å². The Hall–Kier alpha value is -4.29. The summed E-state index contributed by atoms with van der Waals surface area (Å²) in [6, 6.07) is 7.62. The SMILES string of the molecule is O=C(O)CC(NC(=O)C(NC(=O)OCc1ccccc1)c1ccc(C(F)(F)F)cc1)C(=O)C(=O)CF. The van der Waals surface area contributed by atoms with Crippen LogP contribution in [0.1, 0.15) is 29.2 Å². The van der Waals surface area contributed by atoms with Gasteiger partial charge in [-0.3, -0.25) is 19.2 Å². The minimum atomic E-state index is -4.69. The molecule has 13 heteroatoms. The normalized spacial score (nSPS) is 12.7. The Balaban J connectivity index is 2.29. The summed E-state index contributed by atoms with van der Waals surface area (Å²) in [4.78, 5) is 59.7. The highest BCUT2D eigenvalue weighted by Gasteiger charge is 2.34. The maximum Gasteiger partial charge on any atom is 0.416 e. The number of carboxylic acids is 1. The van der Waals surface area contributed by atoms with Crippen molar-refractivity contribution >= 4 is 29.5 Å². The number of alkyl halides is 4. The lowest BCUT2D eigenvalue weighted by Gasteiger charge is -2.22. The molecule has 192 valence electrons. The van der Waals surface area contributed by atoms with Crippen LogP contribution in [0.2, 0.25) is 0 Å². The van der Waals surface area contributed by atoms with Crippen LogP contribution in [0.5, 0.6) is 0 Å². The van der Waals surface area contributed by atoms with Crippen LogP contribution in [0, 0.1) is 0 Å². The molecule has 2 rings (SSSR count). The van der Waals surface area contributed by atoms with Crippen LogP contribution in [0.4, 0.5) is 22.4 Å². The van der Waals surface area contributed by atoms with Crippen molar-refractivity contribution in [3.63, 3.8) is 0 Å². The monoisotopic (exact) mass is 512 g/mol. The molecule has 9 nitrogen and oxygen atoms in total. The second-order valence-corrected chi connectivity index (χ2v) is 7.34. The lowest BCUT2D eigenvalue weighted by Crippen LogP contribution is -2.50. The highest BCUT2D eigenvalue weighted by Crippen LogP contribution is 2.30. The van der Waals surface area contributed by atoms with Crippen molar-refractivity contribution in [3.05, 3.63) is 71.3 Å². The molecular weight excluding hydrogens is 492 g/mol. The summed E-state index contributed by atoms with van der Waals surface area (Å²) in [5.74, 6) is -5.99. The number of carbonyl (C=O) groups is 5. The second kappa shape index (κ2) is 12.4. The lowest BCUT2D eigenvalue weighted by molar-refractivity contribution is -0.143. The molecule has 0 aliphatic carbocycles. The third kappa shape index (κ3) is 8.18. The molecule has 0 saturated heterocycles. The average Bonchev–Trinajstić information content (AvgIpc) is 2.84. The minimum Gasteiger partial charge on any atom is -0.481 e. The van der Waals surface area contributed by atoms with Gasteiger partial charge < -0.3 is 20.5 Å². The van der Waals surface area contributed by atoms with Crippen molar-refractivity contribution in [1.82, 2.24) is 10.6 Å². The summed E-state index contributed by atoms with van der Waals surface area (Å²) in [5, 5.41) is 13.0. The molecule has 0 aliphatic heterocycles. The van der Waals surface area contributed by atoms with Gasteiger partial charge in [0.2, 0.25) is 17.5 Å². The van der Waals surface area contributed by atoms with E-state index in [2.05, 4.69) is 5.32 Å². The summed E-state index contributed by atoms with van der Waals surface area (Å²) in [5.41, 5.74) is -0.653. The summed E-state index contributed by atoms with van der Waals surface area (Å²) in [7, 11) is 0. The predicted octanol–water partition coefficient (Wildman–Crippen LogP) is 2.74. The molecule has 0 spiro atoms. The first-order valence-corrected chi connectivity index (χ1v) is 10.2. The minimum absolute atomic E-state index is 0.185. The molecule has 0 fully saturated rings. The van der Waals surface area contributed by atoms with E-state index in [-0.39, 0.29) is 12.2 Å². The van der Waals surface area contributed by atoms with Crippen LogP contribution in [0.25, 0.3) is 0 Å². The van der Waals surface area contributed by atoms with Crippen molar-refractivity contribution in [3.8, 4) is 0 Å². The number of amides is 2. The van der Waals surface area contributed by atoms with Crippen molar-refractivity contribution < 1.29 is 51.4 Å². The van der Waals surface area contributed by atoms with Gasteiger partial charge in [-0.15, -0.1) is 0 Å². The first-order valence-electron chi connectivity index (χ1n) is 10.2. The number of benzene rings is 2. The van der Waals surface area contributed by atoms with E-state index in [1.807, 2.05) is 5.32 Å². The second-order valence-electron chi connectivity index (χ2n) is 7.34. The smallest absolute Gasteiger partial charge is 0.416 e. The van der Waals surface area contributed by atoms with E-state index in [9.17, 15) is 41.5 Å². The molecule has 2 amide bonds. The van der Waals surface area contributed by atoms with Crippen LogP contribution in [0.3, 0.4) is 0 Å². The van der Waals surface area contributed by atoms with Crippen LogP contribution in [-0.4, -0.2) is 47.4 Å². The molecular formula is C23H20F4N2O7. The van der Waals surface area contributed by atoms with Crippen molar-refractivity contribution in [2.45, 2.75) is 31.3 Å². The summed E-state index contributed by atoms with van der Waals surface area (Å²) in [6.45, 7) is -1.96. The first-order chi connectivity index (χ1) is 16.9. The van der Waals surface area contributed by atoms with Gasteiger partial charge in [0.05, 0.1) is 12.0 Å². The van der Waals surface area contributed by atoms with Crippen LogP contribution in [0.15, 0.2) is 54.6 Å². The van der Waals surface area contributed by atoms with Crippen LogP contribution < -0.4 is 10.6 Å². The van der Waals surface area contributed by atoms with Gasteiger partial charge in [-0.1, -0.05) is 42.5 Å². The van der Waals surface area contributed by atoms with E-state index in [1.54, 1.807) is 30.3 Å². The Morgan fingerprint density at radius 3 is 2.06 bits per heavy atom. The largest absolute Gasteiger partial charge is 0.481 e. The number of aliphatic carboxylic acids is 1. The van der Waals surface area contributed by atoms with E-state index in [1.165, 1.54) is 0 Å². The summed E-state index contributed by atoms with van der Waals surface area (Å²) in [6.07, 6.45) is -6.95. The highest BCUT2D eigenvalue weighted by atomic mass is 19.4. The first kappa shape index (κ1) is 28.0. The molecule has 36 heavy (non-hydrogen) atoms. The lowest BCUT2D eigenvalue weighted by atomic mass is 10.0. The van der Waals surface area contributed by atoms with Gasteiger partial charge in [0.15, 0.2) is 6.67 Å². The third-order valence-corrected chi connectivity index (χ3v) is 4.72. The fraction of sp³-hybridized carbons (Fsp3) is 0.261. The number of ether oxygens (including phenoxy) is 1. The zero-order valence-electron chi connectivity index (χ0n) is 18.4. The van der Waals surface area contributed by atoms with Gasteiger partial charge in [0, 0.05) is 0 Å². The number of Topliss-reactive ketones (excluding diaryl/α,β-unsaturated/α-hetero) is 2. The van der Waals surface area contributed by atoms with Gasteiger partial charge in [0.25, 0.3) is 0 Å². The van der Waals surface area contributed by atoms with Crippen molar-refractivity contribution in [2.24, 2.45) is 0 Å². The number of rotatable bonds is 11. The molecule has 0 saturated carbocycles. The zero-order valence-corrected chi connectivity index (χ0v) is 18.4. The van der Waals surface area contributed by atoms with Crippen LogP contribution >= 0.6 is 0 Å². The van der Waals surface area contributed by atoms with Crippen molar-refractivity contribution in [1.29, 1.82) is 0 Å². The van der Waals surface area contributed by atoms with Gasteiger partial charge in [-0.05, 0) is 23.3 Å². The number of hydrogen-bond acceptors (Lipinski definition) is 6. The standard InChI is InChI=1S/C23H20F4N2O7/c24-11-17(30)20(33)16(10-18(31)32)28-21(34)19(14-6-8-15(9-7-14)23(25,26)27)29-22(35)36-12-13-4-2-1-3-5-13/h1-9,16,19H,10-12H2,(H,28,34)(H,29,35)(H,31,32). The molecule has 3 N–H and O–H groups in total.